The molecule has 0 aromatic heterocycles. The summed E-state index contributed by atoms with van der Waals surface area (Å²) in [6, 6.07) is 9.50. The zero-order valence-corrected chi connectivity index (χ0v) is 16.4. The molecule has 1 aliphatic rings. The molecule has 3 rings (SSSR count). The van der Waals surface area contributed by atoms with Crippen LogP contribution in [0.4, 0.5) is 5.69 Å². The number of aromatic carboxylic acids is 1. The van der Waals surface area contributed by atoms with Crippen LogP contribution in [0.3, 0.4) is 0 Å². The number of hydrogen-bond donors (Lipinski definition) is 3. The van der Waals surface area contributed by atoms with Crippen LogP contribution in [0.25, 0.3) is 0 Å². The van der Waals surface area contributed by atoms with Crippen LogP contribution in [0.1, 0.15) is 35.3 Å². The number of fused-ring (bicyclic) bond motifs is 1. The first-order chi connectivity index (χ1) is 13.1. The molecule has 0 saturated heterocycles. The smallest absolute Gasteiger partial charge is 0.337 e. The highest BCUT2D eigenvalue weighted by Crippen LogP contribution is 2.33. The molecule has 0 atom stereocenters. The molecular formula is C19H15Cl2N3O4. The lowest BCUT2D eigenvalue weighted by molar-refractivity contribution is -0.125. The average molecular weight is 420 g/mol. The predicted octanol–water partition coefficient (Wildman–Crippen LogP) is 3.44. The van der Waals surface area contributed by atoms with E-state index in [1.807, 2.05) is 0 Å². The number of carbonyl (C=O) groups excluding carboxylic acids is 2. The molecule has 144 valence electrons. The Morgan fingerprint density at radius 2 is 1.75 bits per heavy atom. The number of anilines is 1. The van der Waals surface area contributed by atoms with Crippen molar-refractivity contribution in [2.75, 3.05) is 5.32 Å². The van der Waals surface area contributed by atoms with Gasteiger partial charge in [-0.25, -0.2) is 10.2 Å². The third kappa shape index (κ3) is 3.46. The number of amides is 2. The fourth-order valence-corrected chi connectivity index (χ4v) is 3.18. The lowest BCUT2D eigenvalue weighted by atomic mass is 9.84. The number of carboxylic acid groups (broad SMARTS) is 1. The molecule has 0 saturated carbocycles. The van der Waals surface area contributed by atoms with E-state index in [4.69, 9.17) is 23.2 Å². The zero-order chi connectivity index (χ0) is 20.6. The quantitative estimate of drug-likeness (QED) is 0.659. The van der Waals surface area contributed by atoms with Crippen LogP contribution in [0.2, 0.25) is 10.0 Å². The number of nitrogens with one attached hydrogen (secondary N) is 2. The van der Waals surface area contributed by atoms with Crippen LogP contribution in [-0.4, -0.2) is 28.6 Å². The monoisotopic (exact) mass is 419 g/mol. The Labute approximate surface area is 170 Å². The third-order valence-electron chi connectivity index (χ3n) is 4.48. The van der Waals surface area contributed by atoms with Crippen LogP contribution in [0.5, 0.6) is 0 Å². The minimum absolute atomic E-state index is 0.131. The molecule has 1 aliphatic heterocycles. The Hall–Kier alpha value is -2.90. The normalized spacial score (nSPS) is 14.6. The molecular weight excluding hydrogens is 405 g/mol. The Bertz CT molecular complexity index is 1030. The maximum absolute atomic E-state index is 12.7. The average Bonchev–Trinajstić information content (AvgIpc) is 2.96. The number of rotatable bonds is 4. The van der Waals surface area contributed by atoms with Gasteiger partial charge in [-0.05, 0) is 43.7 Å². The maximum Gasteiger partial charge on any atom is 0.337 e. The number of nitrogens with zero attached hydrogens (tertiary/aromatic N) is 1. The van der Waals surface area contributed by atoms with Gasteiger partial charge in [0.2, 0.25) is 5.91 Å². The second-order valence-corrected chi connectivity index (χ2v) is 7.46. The van der Waals surface area contributed by atoms with Crippen molar-refractivity contribution < 1.29 is 19.5 Å². The van der Waals surface area contributed by atoms with Gasteiger partial charge >= 0.3 is 5.97 Å². The Morgan fingerprint density at radius 1 is 1.11 bits per heavy atom. The maximum atomic E-state index is 12.7. The Kier molecular flexibility index (Phi) is 5.14. The van der Waals surface area contributed by atoms with E-state index in [0.717, 1.165) is 0 Å². The van der Waals surface area contributed by atoms with Gasteiger partial charge in [0.05, 0.1) is 27.3 Å². The van der Waals surface area contributed by atoms with Crippen molar-refractivity contribution in [3.8, 4) is 0 Å². The first-order valence-electron chi connectivity index (χ1n) is 8.14. The SMILES string of the molecule is CC(C)(C(=O)N/N=C1\C(=O)Nc2ccc(C(=O)O)c(Cl)c21)c1ccc(Cl)cc1. The van der Waals surface area contributed by atoms with Crippen molar-refractivity contribution in [1.82, 2.24) is 5.43 Å². The molecule has 2 aromatic rings. The highest BCUT2D eigenvalue weighted by Gasteiger charge is 2.33. The van der Waals surface area contributed by atoms with Crippen molar-refractivity contribution in [2.45, 2.75) is 19.3 Å². The molecule has 0 bridgehead atoms. The molecule has 1 heterocycles. The Balaban J connectivity index is 1.92. The summed E-state index contributed by atoms with van der Waals surface area (Å²) >= 11 is 12.0. The zero-order valence-electron chi connectivity index (χ0n) is 14.8. The standard InChI is InChI=1S/C19H15Cl2N3O4/c1-19(2,9-3-5-10(20)6-4-9)18(28)24-23-15-13-12(22-16(15)25)8-7-11(14(13)21)17(26)27/h3-8H,1-2H3,(H,24,28)(H,26,27)(H,22,23,25). The summed E-state index contributed by atoms with van der Waals surface area (Å²) in [6.07, 6.45) is 0. The van der Waals surface area contributed by atoms with E-state index in [-0.39, 0.29) is 21.9 Å². The summed E-state index contributed by atoms with van der Waals surface area (Å²) in [6.45, 7) is 3.40. The summed E-state index contributed by atoms with van der Waals surface area (Å²) < 4.78 is 0. The van der Waals surface area contributed by atoms with E-state index in [1.54, 1.807) is 38.1 Å². The number of halogens is 2. The minimum atomic E-state index is -1.24. The lowest BCUT2D eigenvalue weighted by Crippen LogP contribution is -2.38. The molecule has 3 N–H and O–H groups in total. The molecule has 0 aliphatic carbocycles. The van der Waals surface area contributed by atoms with Crippen molar-refractivity contribution >= 4 is 52.4 Å². The van der Waals surface area contributed by atoms with E-state index >= 15 is 0 Å². The van der Waals surface area contributed by atoms with Gasteiger partial charge in [-0.2, -0.15) is 5.10 Å². The van der Waals surface area contributed by atoms with Crippen LogP contribution < -0.4 is 10.7 Å². The van der Waals surface area contributed by atoms with E-state index in [2.05, 4.69) is 15.8 Å². The van der Waals surface area contributed by atoms with Gasteiger partial charge in [0.15, 0.2) is 5.71 Å². The summed E-state index contributed by atoms with van der Waals surface area (Å²) in [7, 11) is 0. The van der Waals surface area contributed by atoms with Gasteiger partial charge in [0, 0.05) is 5.02 Å². The van der Waals surface area contributed by atoms with Gasteiger partial charge in [-0.15, -0.1) is 0 Å². The van der Waals surface area contributed by atoms with Crippen LogP contribution in [-0.2, 0) is 15.0 Å². The van der Waals surface area contributed by atoms with Gasteiger partial charge in [-0.1, -0.05) is 35.3 Å². The number of benzene rings is 2. The molecule has 0 radical (unpaired) electrons. The number of carboxylic acids is 1. The second kappa shape index (κ2) is 7.26. The van der Waals surface area contributed by atoms with Crippen molar-refractivity contribution in [2.24, 2.45) is 5.10 Å². The number of hydrogen-bond acceptors (Lipinski definition) is 4. The van der Waals surface area contributed by atoms with Crippen molar-refractivity contribution in [1.29, 1.82) is 0 Å². The number of hydrazone groups is 1. The van der Waals surface area contributed by atoms with Crippen molar-refractivity contribution in [3.05, 3.63) is 63.1 Å². The fourth-order valence-electron chi connectivity index (χ4n) is 2.72. The van der Waals surface area contributed by atoms with E-state index < -0.39 is 23.2 Å². The van der Waals surface area contributed by atoms with Gasteiger partial charge in [-0.3, -0.25) is 9.59 Å². The van der Waals surface area contributed by atoms with E-state index in [0.29, 0.717) is 16.3 Å². The van der Waals surface area contributed by atoms with Gasteiger partial charge in [0.25, 0.3) is 5.91 Å². The summed E-state index contributed by atoms with van der Waals surface area (Å²) in [4.78, 5) is 36.2. The molecule has 0 unspecified atom stereocenters. The molecule has 2 aromatic carbocycles. The summed E-state index contributed by atoms with van der Waals surface area (Å²) in [5.74, 6) is -2.29. The largest absolute Gasteiger partial charge is 0.478 e. The molecule has 9 heteroatoms. The highest BCUT2D eigenvalue weighted by molar-refractivity contribution is 6.57. The summed E-state index contributed by atoms with van der Waals surface area (Å²) in [5.41, 5.74) is 2.25. The topological polar surface area (TPSA) is 108 Å². The second-order valence-electron chi connectivity index (χ2n) is 6.64. The minimum Gasteiger partial charge on any atom is -0.478 e. The van der Waals surface area contributed by atoms with Crippen LogP contribution in [0, 0.1) is 0 Å². The molecule has 7 nitrogen and oxygen atoms in total. The van der Waals surface area contributed by atoms with Gasteiger partial charge in [0.1, 0.15) is 0 Å². The lowest BCUT2D eigenvalue weighted by Gasteiger charge is -2.22. The first kappa shape index (κ1) is 19.9. The molecule has 28 heavy (non-hydrogen) atoms. The number of carbonyl (C=O) groups is 3. The molecule has 0 fully saturated rings. The summed E-state index contributed by atoms with van der Waals surface area (Å²) in [5, 5.41) is 16.1. The predicted molar refractivity (Wildman–Crippen MR) is 106 cm³/mol. The van der Waals surface area contributed by atoms with E-state index in [1.165, 1.54) is 12.1 Å². The van der Waals surface area contributed by atoms with Crippen LogP contribution in [0.15, 0.2) is 41.5 Å². The molecule has 2 amide bonds. The van der Waals surface area contributed by atoms with Crippen molar-refractivity contribution in [3.63, 3.8) is 0 Å². The van der Waals surface area contributed by atoms with Crippen LogP contribution >= 0.6 is 23.2 Å². The van der Waals surface area contributed by atoms with E-state index in [9.17, 15) is 19.5 Å². The van der Waals surface area contributed by atoms with Gasteiger partial charge < -0.3 is 10.4 Å². The fraction of sp³-hybridized carbons (Fsp3) is 0.158. The Morgan fingerprint density at radius 3 is 2.36 bits per heavy atom. The molecule has 0 spiro atoms. The third-order valence-corrected chi connectivity index (χ3v) is 5.12. The highest BCUT2D eigenvalue weighted by atomic mass is 35.5. The first-order valence-corrected chi connectivity index (χ1v) is 8.90.